The van der Waals surface area contributed by atoms with Crippen LogP contribution in [0, 0.1) is 11.8 Å². The van der Waals surface area contributed by atoms with Crippen LogP contribution in [-0.4, -0.2) is 24.6 Å². The molecule has 236 valence electrons. The van der Waals surface area contributed by atoms with Crippen molar-refractivity contribution in [2.75, 3.05) is 6.61 Å². The smallest absolute Gasteiger partial charge is 0.338 e. The molecule has 0 saturated heterocycles. The van der Waals surface area contributed by atoms with Gasteiger partial charge in [0.25, 0.3) is 0 Å². The molecule has 2 saturated carbocycles. The molecule has 2 aliphatic carbocycles. The second-order valence-corrected chi connectivity index (χ2v) is 13.5. The van der Waals surface area contributed by atoms with Crippen LogP contribution in [0.3, 0.4) is 0 Å². The largest absolute Gasteiger partial charge is 0.458 e. The molecule has 2 fully saturated rings. The molecular formula is C39H56O4. The molecule has 0 radical (unpaired) electrons. The van der Waals surface area contributed by atoms with Crippen LogP contribution in [-0.2, 0) is 9.47 Å². The molecule has 0 aromatic heterocycles. The molecule has 0 bridgehead atoms. The third-order valence-corrected chi connectivity index (χ3v) is 10.1. The van der Waals surface area contributed by atoms with Gasteiger partial charge in [-0.25, -0.2) is 9.59 Å². The number of hydrogen-bond donors (Lipinski definition) is 0. The van der Waals surface area contributed by atoms with Crippen molar-refractivity contribution in [2.24, 2.45) is 11.8 Å². The van der Waals surface area contributed by atoms with Gasteiger partial charge in [-0.15, -0.1) is 0 Å². The van der Waals surface area contributed by atoms with E-state index in [1.54, 1.807) is 6.92 Å². The third kappa shape index (κ3) is 10.5. The molecule has 4 rings (SSSR count). The summed E-state index contributed by atoms with van der Waals surface area (Å²) in [7, 11) is 0. The number of ether oxygens (including phenoxy) is 2. The van der Waals surface area contributed by atoms with E-state index in [4.69, 9.17) is 9.47 Å². The number of rotatable bonds is 15. The second kappa shape index (κ2) is 17.6. The first-order chi connectivity index (χ1) is 21.0. The first-order valence-corrected chi connectivity index (χ1v) is 17.5. The van der Waals surface area contributed by atoms with E-state index in [0.717, 1.165) is 11.8 Å². The van der Waals surface area contributed by atoms with Crippen LogP contribution in [0.4, 0.5) is 0 Å². The Morgan fingerprint density at radius 1 is 0.628 bits per heavy atom. The van der Waals surface area contributed by atoms with Gasteiger partial charge in [-0.3, -0.25) is 0 Å². The zero-order chi connectivity index (χ0) is 30.4. The van der Waals surface area contributed by atoms with Gasteiger partial charge in [-0.05, 0) is 117 Å². The molecular weight excluding hydrogens is 532 g/mol. The number of carbonyl (C=O) groups excluding carboxylic acids is 2. The molecule has 2 aliphatic rings. The fourth-order valence-electron chi connectivity index (χ4n) is 7.28. The monoisotopic (exact) mass is 588 g/mol. The van der Waals surface area contributed by atoms with Gasteiger partial charge >= 0.3 is 11.9 Å². The summed E-state index contributed by atoms with van der Waals surface area (Å²) in [6.45, 7) is 6.34. The van der Waals surface area contributed by atoms with Crippen molar-refractivity contribution in [3.8, 4) is 0 Å². The third-order valence-electron chi connectivity index (χ3n) is 10.1. The lowest BCUT2D eigenvalue weighted by Gasteiger charge is -2.29. The van der Waals surface area contributed by atoms with Crippen molar-refractivity contribution in [3.63, 3.8) is 0 Å². The van der Waals surface area contributed by atoms with Gasteiger partial charge in [-0.1, -0.05) is 89.5 Å². The zero-order valence-electron chi connectivity index (χ0n) is 27.2. The Hall–Kier alpha value is -2.62. The second-order valence-electron chi connectivity index (χ2n) is 13.5. The van der Waals surface area contributed by atoms with Gasteiger partial charge in [0.1, 0.15) is 12.7 Å². The van der Waals surface area contributed by atoms with Gasteiger partial charge in [0, 0.05) is 0 Å². The molecule has 2 aromatic carbocycles. The molecule has 2 aromatic rings. The first-order valence-electron chi connectivity index (χ1n) is 17.5. The number of carbonyl (C=O) groups is 2. The minimum atomic E-state index is -0.522. The Balaban J connectivity index is 1.15. The lowest BCUT2D eigenvalue weighted by atomic mass is 9.77. The van der Waals surface area contributed by atoms with E-state index < -0.39 is 6.10 Å². The fourth-order valence-corrected chi connectivity index (χ4v) is 7.28. The quantitative estimate of drug-likeness (QED) is 0.153. The van der Waals surface area contributed by atoms with Crippen molar-refractivity contribution >= 4 is 11.9 Å². The minimum absolute atomic E-state index is 0.0357. The Bertz CT molecular complexity index is 1090. The summed E-state index contributed by atoms with van der Waals surface area (Å²) >= 11 is 0. The predicted octanol–water partition coefficient (Wildman–Crippen LogP) is 10.8. The van der Waals surface area contributed by atoms with Crippen molar-refractivity contribution in [3.05, 3.63) is 70.8 Å². The molecule has 4 nitrogen and oxygen atoms in total. The maximum Gasteiger partial charge on any atom is 0.338 e. The lowest BCUT2D eigenvalue weighted by molar-refractivity contribution is 0.00447. The van der Waals surface area contributed by atoms with Crippen molar-refractivity contribution in [1.29, 1.82) is 0 Å². The van der Waals surface area contributed by atoms with Crippen LogP contribution in [0.2, 0.25) is 0 Å². The summed E-state index contributed by atoms with van der Waals surface area (Å²) < 4.78 is 11.1. The number of esters is 2. The zero-order valence-corrected chi connectivity index (χ0v) is 27.2. The van der Waals surface area contributed by atoms with E-state index in [1.165, 1.54) is 114 Å². The summed E-state index contributed by atoms with van der Waals surface area (Å²) in [5.41, 5.74) is 3.74. The van der Waals surface area contributed by atoms with Crippen LogP contribution in [0.1, 0.15) is 167 Å². The molecule has 0 heterocycles. The van der Waals surface area contributed by atoms with E-state index in [2.05, 4.69) is 38.1 Å². The topological polar surface area (TPSA) is 52.6 Å². The maximum atomic E-state index is 12.7. The highest BCUT2D eigenvalue weighted by atomic mass is 16.6. The van der Waals surface area contributed by atoms with Gasteiger partial charge in [0.2, 0.25) is 0 Å². The normalized spacial score (nSPS) is 23.0. The Kier molecular flexibility index (Phi) is 13.6. The van der Waals surface area contributed by atoms with E-state index in [1.807, 2.05) is 24.3 Å². The number of hydrogen-bond acceptors (Lipinski definition) is 4. The summed E-state index contributed by atoms with van der Waals surface area (Å²) in [5.74, 6) is 2.22. The predicted molar refractivity (Wildman–Crippen MR) is 176 cm³/mol. The van der Waals surface area contributed by atoms with Gasteiger partial charge in [0.15, 0.2) is 0 Å². The molecule has 4 heteroatoms. The molecule has 1 atom stereocenters. The van der Waals surface area contributed by atoms with Crippen LogP contribution in [0.25, 0.3) is 0 Å². The van der Waals surface area contributed by atoms with Crippen LogP contribution in [0.15, 0.2) is 48.5 Å². The van der Waals surface area contributed by atoms with E-state index >= 15 is 0 Å². The van der Waals surface area contributed by atoms with E-state index in [-0.39, 0.29) is 18.5 Å². The van der Waals surface area contributed by atoms with E-state index in [0.29, 0.717) is 23.0 Å². The summed E-state index contributed by atoms with van der Waals surface area (Å²) in [4.78, 5) is 25.4. The maximum absolute atomic E-state index is 12.7. The van der Waals surface area contributed by atoms with Crippen molar-refractivity contribution < 1.29 is 19.1 Å². The molecule has 43 heavy (non-hydrogen) atoms. The van der Waals surface area contributed by atoms with E-state index in [9.17, 15) is 9.59 Å². The molecule has 1 unspecified atom stereocenters. The Morgan fingerprint density at radius 3 is 1.47 bits per heavy atom. The highest BCUT2D eigenvalue weighted by Gasteiger charge is 2.24. The average Bonchev–Trinajstić information content (AvgIpc) is 3.05. The SMILES string of the molecule is CCCCCC1CCC(c2ccc(C(=O)OCC(C)OC(=O)c3ccc(C4CCC(CCCCC)CC4)cc3)cc2)CC1. The van der Waals surface area contributed by atoms with Crippen LogP contribution in [0.5, 0.6) is 0 Å². The lowest BCUT2D eigenvalue weighted by Crippen LogP contribution is -2.22. The number of benzene rings is 2. The highest BCUT2D eigenvalue weighted by Crippen LogP contribution is 2.39. The number of unbranched alkanes of at least 4 members (excludes halogenated alkanes) is 4. The van der Waals surface area contributed by atoms with Crippen LogP contribution >= 0.6 is 0 Å². The molecule has 0 N–H and O–H groups in total. The molecule has 0 spiro atoms. The molecule has 0 amide bonds. The minimum Gasteiger partial charge on any atom is -0.458 e. The summed E-state index contributed by atoms with van der Waals surface area (Å²) in [5, 5.41) is 0. The Morgan fingerprint density at radius 2 is 1.05 bits per heavy atom. The van der Waals surface area contributed by atoms with Crippen molar-refractivity contribution in [2.45, 2.75) is 141 Å². The summed E-state index contributed by atoms with van der Waals surface area (Å²) in [6, 6.07) is 15.9. The first kappa shape index (κ1) is 33.3. The Labute approximate surface area is 261 Å². The summed E-state index contributed by atoms with van der Waals surface area (Å²) in [6.07, 6.45) is 20.5. The van der Waals surface area contributed by atoms with Gasteiger partial charge in [0.05, 0.1) is 11.1 Å². The van der Waals surface area contributed by atoms with Gasteiger partial charge in [-0.2, -0.15) is 0 Å². The van der Waals surface area contributed by atoms with Crippen LogP contribution < -0.4 is 0 Å². The standard InChI is InChI=1S/C39H56O4/c1-4-6-8-10-30-12-16-32(17-13-30)34-20-24-36(25-21-34)38(40)42-28-29(3)43-39(41)37-26-22-35(23-27-37)33-18-14-31(15-19-33)11-9-7-5-2/h20-27,29-33H,4-19,28H2,1-3H3. The average molecular weight is 589 g/mol. The highest BCUT2D eigenvalue weighted by molar-refractivity contribution is 5.90. The molecule has 0 aliphatic heterocycles. The van der Waals surface area contributed by atoms with Crippen molar-refractivity contribution in [1.82, 2.24) is 0 Å². The fraction of sp³-hybridized carbons (Fsp3) is 0.641. The van der Waals surface area contributed by atoms with Gasteiger partial charge < -0.3 is 9.47 Å².